The van der Waals surface area contributed by atoms with E-state index >= 15 is 0 Å². The molecule has 1 aromatic carbocycles. The van der Waals surface area contributed by atoms with Crippen molar-refractivity contribution in [3.8, 4) is 17.2 Å². The van der Waals surface area contributed by atoms with Gasteiger partial charge in [-0.05, 0) is 25.1 Å². The van der Waals surface area contributed by atoms with Gasteiger partial charge in [-0.1, -0.05) is 6.92 Å². The smallest absolute Gasteiger partial charge is 0.255 e. The molecule has 0 unspecified atom stereocenters. The molecule has 0 spiro atoms. The molecule has 6 nitrogen and oxygen atoms in total. The van der Waals surface area contributed by atoms with Crippen LogP contribution in [0.2, 0.25) is 0 Å². The van der Waals surface area contributed by atoms with E-state index < -0.39 is 0 Å². The van der Waals surface area contributed by atoms with E-state index in [1.807, 2.05) is 0 Å². The number of amides is 1. The molecule has 0 aromatic heterocycles. The van der Waals surface area contributed by atoms with Crippen LogP contribution in [-0.4, -0.2) is 46.9 Å². The quantitative estimate of drug-likeness (QED) is 0.675. The molecule has 0 fully saturated rings. The van der Waals surface area contributed by atoms with Gasteiger partial charge in [0.15, 0.2) is 11.5 Å². The summed E-state index contributed by atoms with van der Waals surface area (Å²) in [7, 11) is 4.55. The maximum atomic E-state index is 12.2. The molecule has 0 heterocycles. The summed E-state index contributed by atoms with van der Waals surface area (Å²) < 4.78 is 15.8. The number of methoxy groups -OCH3 is 3. The van der Waals surface area contributed by atoms with Gasteiger partial charge >= 0.3 is 0 Å². The monoisotopic (exact) mass is 296 g/mol. The Balaban J connectivity index is 2.79. The van der Waals surface area contributed by atoms with Crippen LogP contribution in [0.3, 0.4) is 0 Å². The zero-order valence-electron chi connectivity index (χ0n) is 13.1. The predicted molar refractivity (Wildman–Crippen MR) is 81.6 cm³/mol. The normalized spacial score (nSPS) is 10.1. The lowest BCUT2D eigenvalue weighted by molar-refractivity contribution is 0.0950. The van der Waals surface area contributed by atoms with Gasteiger partial charge in [0.05, 0.1) is 26.9 Å². The third-order valence-corrected chi connectivity index (χ3v) is 2.96. The molecule has 6 heteroatoms. The third kappa shape index (κ3) is 4.53. The van der Waals surface area contributed by atoms with E-state index in [4.69, 9.17) is 14.2 Å². The Morgan fingerprint density at radius 3 is 2.29 bits per heavy atom. The number of ether oxygens (including phenoxy) is 3. The predicted octanol–water partition coefficient (Wildman–Crippen LogP) is 1.44. The van der Waals surface area contributed by atoms with Crippen molar-refractivity contribution in [1.29, 1.82) is 0 Å². The Morgan fingerprint density at radius 1 is 1.00 bits per heavy atom. The highest BCUT2D eigenvalue weighted by molar-refractivity contribution is 5.98. The number of hydrogen-bond donors (Lipinski definition) is 2. The Hall–Kier alpha value is -1.95. The third-order valence-electron chi connectivity index (χ3n) is 2.96. The minimum atomic E-state index is -0.203. The summed E-state index contributed by atoms with van der Waals surface area (Å²) in [4.78, 5) is 12.2. The lowest BCUT2D eigenvalue weighted by Gasteiger charge is -2.15. The zero-order chi connectivity index (χ0) is 15.7. The van der Waals surface area contributed by atoms with Crippen molar-refractivity contribution < 1.29 is 19.0 Å². The van der Waals surface area contributed by atoms with Gasteiger partial charge < -0.3 is 24.8 Å². The molecular formula is C15H24N2O4. The van der Waals surface area contributed by atoms with Crippen molar-refractivity contribution in [3.05, 3.63) is 17.7 Å². The number of carbonyl (C=O) groups excluding carboxylic acids is 1. The van der Waals surface area contributed by atoms with Crippen molar-refractivity contribution in [2.75, 3.05) is 41.0 Å². The van der Waals surface area contributed by atoms with Gasteiger partial charge in [0.1, 0.15) is 0 Å². The van der Waals surface area contributed by atoms with E-state index in [9.17, 15) is 4.79 Å². The standard InChI is InChI=1S/C15H24N2O4/c1-5-8-16-9-10-17-15(18)11-6-7-12(19-2)14(21-4)13(11)20-3/h6-7,16H,5,8-10H2,1-4H3,(H,17,18). The Morgan fingerprint density at radius 2 is 1.71 bits per heavy atom. The first-order valence-corrected chi connectivity index (χ1v) is 6.97. The van der Waals surface area contributed by atoms with E-state index in [1.54, 1.807) is 12.1 Å². The highest BCUT2D eigenvalue weighted by atomic mass is 16.5. The number of carbonyl (C=O) groups is 1. The lowest BCUT2D eigenvalue weighted by atomic mass is 10.1. The largest absolute Gasteiger partial charge is 0.493 e. The van der Waals surface area contributed by atoms with E-state index in [-0.39, 0.29) is 5.91 Å². The van der Waals surface area contributed by atoms with E-state index in [0.717, 1.165) is 19.5 Å². The van der Waals surface area contributed by atoms with Crippen LogP contribution in [0.4, 0.5) is 0 Å². The number of nitrogens with one attached hydrogen (secondary N) is 2. The van der Waals surface area contributed by atoms with Gasteiger partial charge in [0, 0.05) is 13.1 Å². The Bertz CT molecular complexity index is 463. The number of hydrogen-bond acceptors (Lipinski definition) is 5. The molecule has 0 aliphatic rings. The van der Waals surface area contributed by atoms with E-state index in [2.05, 4.69) is 17.6 Å². The van der Waals surface area contributed by atoms with Crippen molar-refractivity contribution in [2.45, 2.75) is 13.3 Å². The second kappa shape index (κ2) is 9.07. The van der Waals surface area contributed by atoms with Crippen molar-refractivity contribution in [3.63, 3.8) is 0 Å². The first-order chi connectivity index (χ1) is 10.2. The number of rotatable bonds is 9. The summed E-state index contributed by atoms with van der Waals surface area (Å²) in [6.07, 6.45) is 1.07. The molecule has 0 aliphatic heterocycles. The molecular weight excluding hydrogens is 272 g/mol. The average Bonchev–Trinajstić information content (AvgIpc) is 2.52. The van der Waals surface area contributed by atoms with Crippen LogP contribution in [0.15, 0.2) is 12.1 Å². The maximum absolute atomic E-state index is 12.2. The minimum Gasteiger partial charge on any atom is -0.493 e. The molecule has 118 valence electrons. The fraction of sp³-hybridized carbons (Fsp3) is 0.533. The van der Waals surface area contributed by atoms with Gasteiger partial charge in [0.2, 0.25) is 5.75 Å². The minimum absolute atomic E-state index is 0.203. The van der Waals surface area contributed by atoms with Crippen molar-refractivity contribution >= 4 is 5.91 Å². The molecule has 0 bridgehead atoms. The van der Waals surface area contributed by atoms with Gasteiger partial charge in [0.25, 0.3) is 5.91 Å². The average molecular weight is 296 g/mol. The number of benzene rings is 1. The van der Waals surface area contributed by atoms with Crippen LogP contribution < -0.4 is 24.8 Å². The molecule has 0 saturated carbocycles. The van der Waals surface area contributed by atoms with Crippen LogP contribution in [-0.2, 0) is 0 Å². The van der Waals surface area contributed by atoms with Gasteiger partial charge in [-0.15, -0.1) is 0 Å². The first kappa shape index (κ1) is 17.1. The van der Waals surface area contributed by atoms with Crippen molar-refractivity contribution in [1.82, 2.24) is 10.6 Å². The molecule has 0 aliphatic carbocycles. The molecule has 21 heavy (non-hydrogen) atoms. The van der Waals surface area contributed by atoms with Crippen molar-refractivity contribution in [2.24, 2.45) is 0 Å². The second-order valence-corrected chi connectivity index (χ2v) is 4.39. The molecule has 0 atom stereocenters. The fourth-order valence-corrected chi connectivity index (χ4v) is 1.94. The topological polar surface area (TPSA) is 68.8 Å². The van der Waals surface area contributed by atoms with Gasteiger partial charge in [-0.25, -0.2) is 0 Å². The Kier molecular flexibility index (Phi) is 7.39. The molecule has 2 N–H and O–H groups in total. The molecule has 1 rings (SSSR count). The summed E-state index contributed by atoms with van der Waals surface area (Å²) in [5.41, 5.74) is 0.422. The zero-order valence-corrected chi connectivity index (χ0v) is 13.1. The van der Waals surface area contributed by atoms with Crippen LogP contribution in [0, 0.1) is 0 Å². The molecule has 1 amide bonds. The molecule has 0 saturated heterocycles. The summed E-state index contributed by atoms with van der Waals surface area (Å²) in [5, 5.41) is 6.06. The highest BCUT2D eigenvalue weighted by Gasteiger charge is 2.20. The first-order valence-electron chi connectivity index (χ1n) is 6.97. The molecule has 0 radical (unpaired) electrons. The summed E-state index contributed by atoms with van der Waals surface area (Å²) in [6.45, 7) is 4.32. The van der Waals surface area contributed by atoms with E-state index in [0.29, 0.717) is 29.4 Å². The van der Waals surface area contributed by atoms with Crippen LogP contribution in [0.25, 0.3) is 0 Å². The second-order valence-electron chi connectivity index (χ2n) is 4.39. The highest BCUT2D eigenvalue weighted by Crippen LogP contribution is 2.39. The SMILES string of the molecule is CCCNCCNC(=O)c1ccc(OC)c(OC)c1OC. The van der Waals surface area contributed by atoms with Crippen LogP contribution in [0.5, 0.6) is 17.2 Å². The summed E-state index contributed by atoms with van der Waals surface area (Å²) in [6, 6.07) is 3.35. The van der Waals surface area contributed by atoms with E-state index in [1.165, 1.54) is 21.3 Å². The lowest BCUT2D eigenvalue weighted by Crippen LogP contribution is -2.32. The molecule has 1 aromatic rings. The van der Waals surface area contributed by atoms with Gasteiger partial charge in [-0.3, -0.25) is 4.79 Å². The Labute approximate surface area is 125 Å². The summed E-state index contributed by atoms with van der Waals surface area (Å²) >= 11 is 0. The van der Waals surface area contributed by atoms with Crippen LogP contribution >= 0.6 is 0 Å². The maximum Gasteiger partial charge on any atom is 0.255 e. The fourth-order valence-electron chi connectivity index (χ4n) is 1.94. The summed E-state index contributed by atoms with van der Waals surface area (Å²) in [5.74, 6) is 1.11. The van der Waals surface area contributed by atoms with Crippen LogP contribution in [0.1, 0.15) is 23.7 Å². The van der Waals surface area contributed by atoms with Gasteiger partial charge in [-0.2, -0.15) is 0 Å².